The molecule has 0 aromatic heterocycles. The Labute approximate surface area is 86.0 Å². The minimum Gasteiger partial charge on any atom is -0.288 e. The zero-order valence-corrected chi connectivity index (χ0v) is 8.59. The van der Waals surface area contributed by atoms with Gasteiger partial charge in [0.15, 0.2) is 9.84 Å². The highest BCUT2D eigenvalue weighted by atomic mass is 32.2. The lowest BCUT2D eigenvalue weighted by molar-refractivity contribution is 0.0879. The van der Waals surface area contributed by atoms with Crippen molar-refractivity contribution in [1.29, 1.82) is 0 Å². The fourth-order valence-electron chi connectivity index (χ4n) is 1.38. The number of carbonyl (C=O) groups excluding carboxylic acids is 2. The van der Waals surface area contributed by atoms with Crippen molar-refractivity contribution in [2.45, 2.75) is 4.90 Å². The van der Waals surface area contributed by atoms with Crippen LogP contribution < -0.4 is 5.32 Å². The summed E-state index contributed by atoms with van der Waals surface area (Å²) in [6, 6.07) is 3.86. The van der Waals surface area contributed by atoms with E-state index >= 15 is 0 Å². The van der Waals surface area contributed by atoms with Gasteiger partial charge in [-0.25, -0.2) is 8.42 Å². The van der Waals surface area contributed by atoms with Crippen LogP contribution >= 0.6 is 0 Å². The van der Waals surface area contributed by atoms with E-state index in [0.717, 1.165) is 6.26 Å². The molecule has 6 heteroatoms. The fraction of sp³-hybridized carbons (Fsp3) is 0.111. The summed E-state index contributed by atoms with van der Waals surface area (Å²) in [6.45, 7) is 0. The lowest BCUT2D eigenvalue weighted by atomic mass is 10.1. The van der Waals surface area contributed by atoms with Gasteiger partial charge in [0.1, 0.15) is 0 Å². The van der Waals surface area contributed by atoms with Gasteiger partial charge in [0.2, 0.25) is 0 Å². The van der Waals surface area contributed by atoms with E-state index in [9.17, 15) is 18.0 Å². The first-order valence-electron chi connectivity index (χ1n) is 4.09. The van der Waals surface area contributed by atoms with E-state index in [4.69, 9.17) is 0 Å². The smallest absolute Gasteiger partial charge is 0.258 e. The van der Waals surface area contributed by atoms with Crippen molar-refractivity contribution in [3.63, 3.8) is 0 Å². The van der Waals surface area contributed by atoms with Crippen LogP contribution in [0.1, 0.15) is 20.7 Å². The van der Waals surface area contributed by atoms with Crippen LogP contribution in [0.2, 0.25) is 0 Å². The van der Waals surface area contributed by atoms with Gasteiger partial charge in [-0.3, -0.25) is 14.9 Å². The monoisotopic (exact) mass is 225 g/mol. The Kier molecular flexibility index (Phi) is 1.90. The van der Waals surface area contributed by atoms with Crippen LogP contribution in [0, 0.1) is 0 Å². The van der Waals surface area contributed by atoms with Crippen LogP contribution in [-0.2, 0) is 9.84 Å². The zero-order chi connectivity index (χ0) is 11.2. The number of sulfone groups is 1. The number of hydrogen-bond donors (Lipinski definition) is 1. The molecule has 78 valence electrons. The molecule has 0 spiro atoms. The maximum absolute atomic E-state index is 11.2. The third-order valence-electron chi connectivity index (χ3n) is 2.14. The molecule has 5 nitrogen and oxygen atoms in total. The summed E-state index contributed by atoms with van der Waals surface area (Å²) in [7, 11) is -3.36. The van der Waals surface area contributed by atoms with Crippen molar-refractivity contribution in [1.82, 2.24) is 5.32 Å². The predicted molar refractivity (Wildman–Crippen MR) is 51.3 cm³/mol. The number of fused-ring (bicyclic) bond motifs is 1. The Morgan fingerprint density at radius 2 is 1.67 bits per heavy atom. The summed E-state index contributed by atoms with van der Waals surface area (Å²) < 4.78 is 22.4. The van der Waals surface area contributed by atoms with Crippen LogP contribution in [0.5, 0.6) is 0 Å². The number of carbonyl (C=O) groups is 2. The third kappa shape index (κ3) is 1.52. The minimum absolute atomic E-state index is 0.0334. The number of amides is 2. The number of hydrogen-bond acceptors (Lipinski definition) is 4. The Morgan fingerprint density at radius 3 is 2.27 bits per heavy atom. The normalized spacial score (nSPS) is 15.0. The lowest BCUT2D eigenvalue weighted by Gasteiger charge is -1.99. The van der Waals surface area contributed by atoms with Crippen LogP contribution in [0.25, 0.3) is 0 Å². The molecule has 1 heterocycles. The van der Waals surface area contributed by atoms with E-state index in [0.29, 0.717) is 0 Å². The van der Waals surface area contributed by atoms with Crippen molar-refractivity contribution < 1.29 is 18.0 Å². The quantitative estimate of drug-likeness (QED) is 0.681. The summed E-state index contributed by atoms with van der Waals surface area (Å²) in [5.41, 5.74) is 0.329. The SMILES string of the molecule is CS(=O)(=O)c1ccc2c(c1)C(=O)NC2=O. The van der Waals surface area contributed by atoms with Gasteiger partial charge in [0.25, 0.3) is 11.8 Å². The molecule has 0 fully saturated rings. The first-order chi connectivity index (χ1) is 6.89. The van der Waals surface area contributed by atoms with Crippen LogP contribution in [0.15, 0.2) is 23.1 Å². The van der Waals surface area contributed by atoms with Crippen molar-refractivity contribution >= 4 is 21.7 Å². The van der Waals surface area contributed by atoms with Crippen LogP contribution in [0.3, 0.4) is 0 Å². The summed E-state index contributed by atoms with van der Waals surface area (Å²) in [4.78, 5) is 22.4. The van der Waals surface area contributed by atoms with Gasteiger partial charge in [-0.15, -0.1) is 0 Å². The largest absolute Gasteiger partial charge is 0.288 e. The van der Waals surface area contributed by atoms with Gasteiger partial charge in [0, 0.05) is 6.26 Å². The minimum atomic E-state index is -3.36. The van der Waals surface area contributed by atoms with E-state index in [1.807, 2.05) is 0 Å². The van der Waals surface area contributed by atoms with Gasteiger partial charge in [0.05, 0.1) is 16.0 Å². The molecule has 0 aliphatic carbocycles. The molecule has 15 heavy (non-hydrogen) atoms. The van der Waals surface area contributed by atoms with E-state index in [2.05, 4.69) is 5.32 Å². The second-order valence-corrected chi connectivity index (χ2v) is 5.28. The fourth-order valence-corrected chi connectivity index (χ4v) is 2.02. The van der Waals surface area contributed by atoms with Crippen molar-refractivity contribution in [3.05, 3.63) is 29.3 Å². The van der Waals surface area contributed by atoms with Gasteiger partial charge >= 0.3 is 0 Å². The molecule has 0 atom stereocenters. The summed E-state index contributed by atoms with van der Waals surface area (Å²) >= 11 is 0. The molecular weight excluding hydrogens is 218 g/mol. The van der Waals surface area contributed by atoms with E-state index < -0.39 is 21.7 Å². The second-order valence-electron chi connectivity index (χ2n) is 3.26. The van der Waals surface area contributed by atoms with Gasteiger partial charge in [-0.2, -0.15) is 0 Å². The van der Waals surface area contributed by atoms with Gasteiger partial charge in [-0.05, 0) is 18.2 Å². The Morgan fingerprint density at radius 1 is 1.07 bits per heavy atom. The first-order valence-corrected chi connectivity index (χ1v) is 5.98. The van der Waals surface area contributed by atoms with E-state index in [1.54, 1.807) is 0 Å². The number of imide groups is 1. The molecule has 0 unspecified atom stereocenters. The number of nitrogens with one attached hydrogen (secondary N) is 1. The third-order valence-corrected chi connectivity index (χ3v) is 3.25. The molecule has 1 aliphatic heterocycles. The predicted octanol–water partition coefficient (Wildman–Crippen LogP) is -0.0263. The second kappa shape index (κ2) is 2.90. The van der Waals surface area contributed by atoms with E-state index in [1.165, 1.54) is 18.2 Å². The maximum Gasteiger partial charge on any atom is 0.258 e. The van der Waals surface area contributed by atoms with Gasteiger partial charge < -0.3 is 0 Å². The van der Waals surface area contributed by atoms with Crippen LogP contribution in [-0.4, -0.2) is 26.5 Å². The first kappa shape index (κ1) is 9.85. The average Bonchev–Trinajstić information content (AvgIpc) is 2.41. The molecule has 1 aromatic rings. The average molecular weight is 225 g/mol. The summed E-state index contributed by atoms with van der Waals surface area (Å²) in [5.74, 6) is -1.05. The van der Waals surface area contributed by atoms with Crippen molar-refractivity contribution in [2.75, 3.05) is 6.26 Å². The summed E-state index contributed by atoms with van der Waals surface area (Å²) in [5, 5.41) is 2.09. The summed E-state index contributed by atoms with van der Waals surface area (Å²) in [6.07, 6.45) is 1.05. The molecule has 1 aliphatic rings. The van der Waals surface area contributed by atoms with Gasteiger partial charge in [-0.1, -0.05) is 0 Å². The maximum atomic E-state index is 11.2. The van der Waals surface area contributed by atoms with Crippen LogP contribution in [0.4, 0.5) is 0 Å². The molecule has 1 N–H and O–H groups in total. The number of benzene rings is 1. The van der Waals surface area contributed by atoms with E-state index in [-0.39, 0.29) is 16.0 Å². The molecule has 2 amide bonds. The molecule has 2 rings (SSSR count). The Bertz CT molecular complexity index is 574. The molecule has 1 aromatic carbocycles. The Balaban J connectivity index is 2.67. The standard InChI is InChI=1S/C9H7NO4S/c1-15(13,14)5-2-3-6-7(4-5)9(12)10-8(6)11/h2-4H,1H3,(H,10,11,12). The Hall–Kier alpha value is -1.69. The molecular formula is C9H7NO4S. The highest BCUT2D eigenvalue weighted by Gasteiger charge is 2.27. The molecule has 0 saturated heterocycles. The van der Waals surface area contributed by atoms with Crippen molar-refractivity contribution in [3.8, 4) is 0 Å². The molecule has 0 saturated carbocycles. The lowest BCUT2D eigenvalue weighted by Crippen LogP contribution is -2.19. The molecule has 0 bridgehead atoms. The highest BCUT2D eigenvalue weighted by molar-refractivity contribution is 7.90. The topological polar surface area (TPSA) is 80.3 Å². The van der Waals surface area contributed by atoms with Crippen molar-refractivity contribution in [2.24, 2.45) is 0 Å². The molecule has 0 radical (unpaired) electrons. The number of rotatable bonds is 1. The zero-order valence-electron chi connectivity index (χ0n) is 7.77. The highest BCUT2D eigenvalue weighted by Crippen LogP contribution is 2.19.